The van der Waals surface area contributed by atoms with Crippen LogP contribution in [-0.4, -0.2) is 10.2 Å². The van der Waals surface area contributed by atoms with E-state index in [1.165, 1.54) is 18.9 Å². The lowest BCUT2D eigenvalue weighted by Gasteiger charge is -2.27. The summed E-state index contributed by atoms with van der Waals surface area (Å²) in [6, 6.07) is 5.27. The molecule has 82 valence electrons. The first kappa shape index (κ1) is 10.3. The molecule has 15 heavy (non-hydrogen) atoms. The van der Waals surface area contributed by atoms with E-state index >= 15 is 0 Å². The Morgan fingerprint density at radius 2 is 2.00 bits per heavy atom. The minimum atomic E-state index is 0.00530. The van der Waals surface area contributed by atoms with Crippen LogP contribution in [0.4, 0.5) is 0 Å². The maximum atomic E-state index is 9.79. The standard InChI is InChI=1S/C13H18O2/c1-9-4-2-5-10(8-9)11-6-3-7-12(14)13(11)15/h3,6-7,9-10,14-15H,2,4-5,8H2,1H3. The van der Waals surface area contributed by atoms with Gasteiger partial charge in [-0.1, -0.05) is 31.9 Å². The predicted octanol–water partition coefficient (Wildman–Crippen LogP) is 3.39. The summed E-state index contributed by atoms with van der Waals surface area (Å²) in [7, 11) is 0. The average molecular weight is 206 g/mol. The molecule has 1 aromatic rings. The molecule has 0 radical (unpaired) electrons. The van der Waals surface area contributed by atoms with Crippen LogP contribution in [0.2, 0.25) is 0 Å². The zero-order chi connectivity index (χ0) is 10.8. The average Bonchev–Trinajstić information content (AvgIpc) is 2.22. The fraction of sp³-hybridized carbons (Fsp3) is 0.538. The van der Waals surface area contributed by atoms with Crippen LogP contribution in [0, 0.1) is 5.92 Å². The highest BCUT2D eigenvalue weighted by Gasteiger charge is 2.23. The third kappa shape index (κ3) is 2.09. The highest BCUT2D eigenvalue weighted by Crippen LogP contribution is 2.42. The lowest BCUT2D eigenvalue weighted by molar-refractivity contribution is 0.331. The molecule has 2 unspecified atom stereocenters. The molecule has 2 rings (SSSR count). The van der Waals surface area contributed by atoms with Gasteiger partial charge < -0.3 is 10.2 Å². The number of para-hydroxylation sites is 1. The molecule has 2 atom stereocenters. The fourth-order valence-corrected chi connectivity index (χ4v) is 2.59. The van der Waals surface area contributed by atoms with E-state index in [2.05, 4.69) is 6.92 Å². The van der Waals surface area contributed by atoms with Gasteiger partial charge in [-0.25, -0.2) is 0 Å². The number of hydrogen-bond acceptors (Lipinski definition) is 2. The zero-order valence-corrected chi connectivity index (χ0v) is 9.11. The molecule has 0 aromatic heterocycles. The van der Waals surface area contributed by atoms with Crippen LogP contribution in [0.3, 0.4) is 0 Å². The second-order valence-corrected chi connectivity index (χ2v) is 4.68. The first-order chi connectivity index (χ1) is 7.18. The summed E-state index contributed by atoms with van der Waals surface area (Å²) >= 11 is 0. The van der Waals surface area contributed by atoms with E-state index in [4.69, 9.17) is 0 Å². The van der Waals surface area contributed by atoms with Gasteiger partial charge in [0.05, 0.1) is 0 Å². The molecular formula is C13H18O2. The molecule has 0 spiro atoms. The van der Waals surface area contributed by atoms with E-state index in [0.717, 1.165) is 24.3 Å². The van der Waals surface area contributed by atoms with Crippen molar-refractivity contribution in [1.82, 2.24) is 0 Å². The molecule has 2 heteroatoms. The van der Waals surface area contributed by atoms with Crippen LogP contribution in [0.25, 0.3) is 0 Å². The molecule has 0 bridgehead atoms. The molecule has 1 aliphatic carbocycles. The Kier molecular flexibility index (Phi) is 2.85. The van der Waals surface area contributed by atoms with Crippen LogP contribution in [0.15, 0.2) is 18.2 Å². The first-order valence-corrected chi connectivity index (χ1v) is 5.69. The normalized spacial score (nSPS) is 26.5. The highest BCUT2D eigenvalue weighted by atomic mass is 16.3. The molecule has 0 saturated heterocycles. The summed E-state index contributed by atoms with van der Waals surface area (Å²) in [5, 5.41) is 19.2. The molecule has 0 amide bonds. The lowest BCUT2D eigenvalue weighted by Crippen LogP contribution is -2.11. The summed E-state index contributed by atoms with van der Waals surface area (Å²) in [5.41, 5.74) is 0.918. The fourth-order valence-electron chi connectivity index (χ4n) is 2.59. The zero-order valence-electron chi connectivity index (χ0n) is 9.11. The highest BCUT2D eigenvalue weighted by molar-refractivity contribution is 5.46. The first-order valence-electron chi connectivity index (χ1n) is 5.69. The van der Waals surface area contributed by atoms with E-state index in [1.807, 2.05) is 12.1 Å². The minimum absolute atomic E-state index is 0.00530. The quantitative estimate of drug-likeness (QED) is 0.691. The molecule has 1 fully saturated rings. The Labute approximate surface area is 90.6 Å². The maximum Gasteiger partial charge on any atom is 0.160 e. The van der Waals surface area contributed by atoms with Gasteiger partial charge in [-0.3, -0.25) is 0 Å². The Bertz CT molecular complexity index is 346. The van der Waals surface area contributed by atoms with Gasteiger partial charge in [0, 0.05) is 5.56 Å². The lowest BCUT2D eigenvalue weighted by atomic mass is 9.78. The molecule has 0 heterocycles. The van der Waals surface area contributed by atoms with Crippen molar-refractivity contribution in [3.05, 3.63) is 23.8 Å². The van der Waals surface area contributed by atoms with Gasteiger partial charge in [0.15, 0.2) is 11.5 Å². The van der Waals surface area contributed by atoms with E-state index in [0.29, 0.717) is 5.92 Å². The summed E-state index contributed by atoms with van der Waals surface area (Å²) in [5.74, 6) is 1.23. The van der Waals surface area contributed by atoms with Gasteiger partial charge in [-0.15, -0.1) is 0 Å². The smallest absolute Gasteiger partial charge is 0.160 e. The third-order valence-electron chi connectivity index (χ3n) is 3.42. The van der Waals surface area contributed by atoms with Gasteiger partial charge in [0.2, 0.25) is 0 Å². The number of hydrogen-bond donors (Lipinski definition) is 2. The van der Waals surface area contributed by atoms with Crippen molar-refractivity contribution in [2.75, 3.05) is 0 Å². The summed E-state index contributed by atoms with van der Waals surface area (Å²) in [6.45, 7) is 2.26. The Balaban J connectivity index is 2.24. The van der Waals surface area contributed by atoms with Crippen LogP contribution in [-0.2, 0) is 0 Å². The van der Waals surface area contributed by atoms with Crippen LogP contribution < -0.4 is 0 Å². The van der Waals surface area contributed by atoms with Crippen molar-refractivity contribution < 1.29 is 10.2 Å². The van der Waals surface area contributed by atoms with E-state index in [9.17, 15) is 10.2 Å². The monoisotopic (exact) mass is 206 g/mol. The van der Waals surface area contributed by atoms with Gasteiger partial charge in [-0.2, -0.15) is 0 Å². The van der Waals surface area contributed by atoms with E-state index < -0.39 is 0 Å². The van der Waals surface area contributed by atoms with Gasteiger partial charge in [-0.05, 0) is 30.7 Å². The number of rotatable bonds is 1. The van der Waals surface area contributed by atoms with Crippen molar-refractivity contribution in [3.8, 4) is 11.5 Å². The second-order valence-electron chi connectivity index (χ2n) is 4.68. The van der Waals surface area contributed by atoms with Gasteiger partial charge in [0.25, 0.3) is 0 Å². The van der Waals surface area contributed by atoms with Crippen LogP contribution >= 0.6 is 0 Å². The number of phenolic OH excluding ortho intramolecular Hbond substituents is 2. The minimum Gasteiger partial charge on any atom is -0.504 e. The molecular weight excluding hydrogens is 188 g/mol. The number of benzene rings is 1. The van der Waals surface area contributed by atoms with Crippen molar-refractivity contribution in [2.24, 2.45) is 5.92 Å². The Morgan fingerprint density at radius 3 is 2.73 bits per heavy atom. The van der Waals surface area contributed by atoms with Crippen molar-refractivity contribution >= 4 is 0 Å². The SMILES string of the molecule is CC1CCCC(c2cccc(O)c2O)C1. The maximum absolute atomic E-state index is 9.79. The summed E-state index contributed by atoms with van der Waals surface area (Å²) in [6.07, 6.45) is 4.76. The third-order valence-corrected chi connectivity index (χ3v) is 3.42. The van der Waals surface area contributed by atoms with Gasteiger partial charge in [0.1, 0.15) is 0 Å². The predicted molar refractivity (Wildman–Crippen MR) is 60.1 cm³/mol. The van der Waals surface area contributed by atoms with Crippen molar-refractivity contribution in [3.63, 3.8) is 0 Å². The van der Waals surface area contributed by atoms with Crippen molar-refractivity contribution in [2.45, 2.75) is 38.5 Å². The number of phenols is 2. The Morgan fingerprint density at radius 1 is 1.20 bits per heavy atom. The molecule has 1 aliphatic rings. The molecule has 1 saturated carbocycles. The van der Waals surface area contributed by atoms with E-state index in [1.54, 1.807) is 0 Å². The summed E-state index contributed by atoms with van der Waals surface area (Å²) < 4.78 is 0. The topological polar surface area (TPSA) is 40.5 Å². The molecule has 2 nitrogen and oxygen atoms in total. The van der Waals surface area contributed by atoms with Crippen LogP contribution in [0.5, 0.6) is 11.5 Å². The number of aromatic hydroxyl groups is 2. The van der Waals surface area contributed by atoms with Crippen molar-refractivity contribution in [1.29, 1.82) is 0 Å². The Hall–Kier alpha value is -1.18. The van der Waals surface area contributed by atoms with Crippen LogP contribution in [0.1, 0.15) is 44.1 Å². The largest absolute Gasteiger partial charge is 0.504 e. The molecule has 0 aliphatic heterocycles. The molecule has 1 aromatic carbocycles. The van der Waals surface area contributed by atoms with Gasteiger partial charge >= 0.3 is 0 Å². The molecule has 2 N–H and O–H groups in total. The van der Waals surface area contributed by atoms with E-state index in [-0.39, 0.29) is 11.5 Å². The second kappa shape index (κ2) is 4.13. The summed E-state index contributed by atoms with van der Waals surface area (Å²) in [4.78, 5) is 0.